The number of methoxy groups -OCH3 is 1. The minimum atomic E-state index is -0.188. The molecule has 0 aliphatic rings. The Morgan fingerprint density at radius 3 is 2.26 bits per heavy atom. The molecule has 0 saturated carbocycles. The van der Waals surface area contributed by atoms with Crippen LogP contribution in [0.2, 0.25) is 0 Å². The Morgan fingerprint density at radius 1 is 1.05 bits per heavy atom. The molecule has 1 aromatic rings. The Kier molecular flexibility index (Phi) is 6.84. The molecule has 19 heavy (non-hydrogen) atoms. The fraction of sp³-hybridized carbons (Fsp3) is 0.600. The van der Waals surface area contributed by atoms with Crippen molar-refractivity contribution < 1.29 is 14.2 Å². The van der Waals surface area contributed by atoms with Crippen LogP contribution in [0, 0.1) is 0 Å². The number of nitrogens with two attached hydrogens (primary N) is 1. The van der Waals surface area contributed by atoms with Gasteiger partial charge in [-0.3, -0.25) is 0 Å². The molecule has 0 bridgehead atoms. The molecule has 4 heteroatoms. The zero-order chi connectivity index (χ0) is 14.3. The lowest BCUT2D eigenvalue weighted by atomic mass is 10.0. The highest BCUT2D eigenvalue weighted by atomic mass is 16.5. The van der Waals surface area contributed by atoms with Gasteiger partial charge in [0.2, 0.25) is 0 Å². The van der Waals surface area contributed by atoms with Crippen LogP contribution in [-0.2, 0) is 9.47 Å². The van der Waals surface area contributed by atoms with Crippen molar-refractivity contribution in [2.45, 2.75) is 39.0 Å². The lowest BCUT2D eigenvalue weighted by Crippen LogP contribution is -2.28. The fourth-order valence-electron chi connectivity index (χ4n) is 1.89. The summed E-state index contributed by atoms with van der Waals surface area (Å²) < 4.78 is 16.7. The maximum Gasteiger partial charge on any atom is 0.124 e. The topological polar surface area (TPSA) is 53.7 Å². The van der Waals surface area contributed by atoms with Crippen molar-refractivity contribution in [1.82, 2.24) is 0 Å². The summed E-state index contributed by atoms with van der Waals surface area (Å²) in [5.74, 6) is 0.801. The maximum absolute atomic E-state index is 6.01. The van der Waals surface area contributed by atoms with Crippen LogP contribution in [0.25, 0.3) is 0 Å². The van der Waals surface area contributed by atoms with E-state index in [9.17, 15) is 0 Å². The van der Waals surface area contributed by atoms with E-state index in [0.29, 0.717) is 13.2 Å². The van der Waals surface area contributed by atoms with E-state index in [2.05, 4.69) is 0 Å². The number of benzene rings is 1. The standard InChI is InChI=1S/C15H25NO3/c1-11(2)18-9-10-19-15(12(3)16)13-7-5-6-8-14(13)17-4/h5-8,11-12,15H,9-10,16H2,1-4H3. The van der Waals surface area contributed by atoms with Crippen LogP contribution in [0.1, 0.15) is 32.4 Å². The predicted octanol–water partition coefficient (Wildman–Crippen LogP) is 2.53. The van der Waals surface area contributed by atoms with E-state index in [4.69, 9.17) is 19.9 Å². The van der Waals surface area contributed by atoms with Crippen LogP contribution < -0.4 is 10.5 Å². The average molecular weight is 267 g/mol. The van der Waals surface area contributed by atoms with E-state index < -0.39 is 0 Å². The second-order valence-electron chi connectivity index (χ2n) is 4.81. The first-order valence-electron chi connectivity index (χ1n) is 6.68. The zero-order valence-electron chi connectivity index (χ0n) is 12.3. The van der Waals surface area contributed by atoms with Crippen molar-refractivity contribution in [1.29, 1.82) is 0 Å². The second-order valence-corrected chi connectivity index (χ2v) is 4.81. The van der Waals surface area contributed by atoms with E-state index in [1.54, 1.807) is 7.11 Å². The quantitative estimate of drug-likeness (QED) is 0.735. The first-order valence-corrected chi connectivity index (χ1v) is 6.68. The molecule has 0 aromatic heterocycles. The molecule has 0 saturated heterocycles. The number of rotatable bonds is 8. The Balaban J connectivity index is 2.66. The highest BCUT2D eigenvalue weighted by Crippen LogP contribution is 2.29. The van der Waals surface area contributed by atoms with Gasteiger partial charge in [-0.2, -0.15) is 0 Å². The third kappa shape index (κ3) is 5.19. The van der Waals surface area contributed by atoms with Gasteiger partial charge in [0.05, 0.1) is 26.4 Å². The lowest BCUT2D eigenvalue weighted by molar-refractivity contribution is -0.0208. The zero-order valence-corrected chi connectivity index (χ0v) is 12.3. The van der Waals surface area contributed by atoms with Crippen LogP contribution in [0.3, 0.4) is 0 Å². The smallest absolute Gasteiger partial charge is 0.124 e. The van der Waals surface area contributed by atoms with Crippen LogP contribution in [0.5, 0.6) is 5.75 Å². The Bertz CT molecular complexity index is 366. The minimum Gasteiger partial charge on any atom is -0.496 e. The summed E-state index contributed by atoms with van der Waals surface area (Å²) in [5, 5.41) is 0. The maximum atomic E-state index is 6.01. The third-order valence-electron chi connectivity index (χ3n) is 2.75. The molecule has 0 aliphatic heterocycles. The van der Waals surface area contributed by atoms with Crippen molar-refractivity contribution in [2.75, 3.05) is 20.3 Å². The van der Waals surface area contributed by atoms with Crippen molar-refractivity contribution in [3.8, 4) is 5.75 Å². The molecule has 0 radical (unpaired) electrons. The van der Waals surface area contributed by atoms with E-state index in [-0.39, 0.29) is 18.2 Å². The molecule has 0 fully saturated rings. The monoisotopic (exact) mass is 267 g/mol. The molecule has 4 nitrogen and oxygen atoms in total. The Morgan fingerprint density at radius 2 is 1.68 bits per heavy atom. The van der Waals surface area contributed by atoms with Gasteiger partial charge in [0, 0.05) is 11.6 Å². The van der Waals surface area contributed by atoms with Crippen molar-refractivity contribution >= 4 is 0 Å². The van der Waals surface area contributed by atoms with Gasteiger partial charge in [0.15, 0.2) is 0 Å². The normalized spacial score (nSPS) is 14.4. The molecular weight excluding hydrogens is 242 g/mol. The van der Waals surface area contributed by atoms with Gasteiger partial charge in [-0.05, 0) is 26.8 Å². The molecule has 1 rings (SSSR count). The molecule has 108 valence electrons. The van der Waals surface area contributed by atoms with Crippen molar-refractivity contribution in [3.05, 3.63) is 29.8 Å². The van der Waals surface area contributed by atoms with Gasteiger partial charge in [-0.25, -0.2) is 0 Å². The molecule has 1 aromatic carbocycles. The Labute approximate surface area is 115 Å². The summed E-state index contributed by atoms with van der Waals surface area (Å²) in [5.41, 5.74) is 6.99. The second kappa shape index (κ2) is 8.15. The third-order valence-corrected chi connectivity index (χ3v) is 2.75. The molecular formula is C15H25NO3. The van der Waals surface area contributed by atoms with Gasteiger partial charge in [0.25, 0.3) is 0 Å². The van der Waals surface area contributed by atoms with Crippen LogP contribution in [0.4, 0.5) is 0 Å². The summed E-state index contributed by atoms with van der Waals surface area (Å²) in [6.07, 6.45) is 0.0236. The molecule has 0 heterocycles. The first-order chi connectivity index (χ1) is 9.06. The molecule has 0 aliphatic carbocycles. The molecule has 0 amide bonds. The summed E-state index contributed by atoms with van der Waals surface area (Å²) >= 11 is 0. The predicted molar refractivity (Wildman–Crippen MR) is 76.4 cm³/mol. The molecule has 0 spiro atoms. The van der Waals surface area contributed by atoms with Gasteiger partial charge >= 0.3 is 0 Å². The number of ether oxygens (including phenoxy) is 3. The van der Waals surface area contributed by atoms with Crippen molar-refractivity contribution in [3.63, 3.8) is 0 Å². The van der Waals surface area contributed by atoms with Crippen LogP contribution in [0.15, 0.2) is 24.3 Å². The average Bonchev–Trinajstić information content (AvgIpc) is 2.38. The molecule has 2 atom stereocenters. The number of hydrogen-bond donors (Lipinski definition) is 1. The lowest BCUT2D eigenvalue weighted by Gasteiger charge is -2.24. The largest absolute Gasteiger partial charge is 0.496 e. The summed E-state index contributed by atoms with van der Waals surface area (Å²) in [4.78, 5) is 0. The van der Waals surface area contributed by atoms with E-state index in [1.165, 1.54) is 0 Å². The highest BCUT2D eigenvalue weighted by molar-refractivity contribution is 5.35. The molecule has 2 N–H and O–H groups in total. The fourth-order valence-corrected chi connectivity index (χ4v) is 1.89. The van der Waals surface area contributed by atoms with Gasteiger partial charge in [-0.1, -0.05) is 18.2 Å². The van der Waals surface area contributed by atoms with Gasteiger partial charge < -0.3 is 19.9 Å². The minimum absolute atomic E-state index is 0.115. The summed E-state index contributed by atoms with van der Waals surface area (Å²) in [7, 11) is 1.65. The summed E-state index contributed by atoms with van der Waals surface area (Å²) in [6.45, 7) is 7.02. The summed E-state index contributed by atoms with van der Waals surface area (Å²) in [6, 6.07) is 7.67. The van der Waals surface area contributed by atoms with Crippen molar-refractivity contribution in [2.24, 2.45) is 5.73 Å². The number of hydrogen-bond acceptors (Lipinski definition) is 4. The van der Waals surface area contributed by atoms with E-state index >= 15 is 0 Å². The Hall–Kier alpha value is -1.10. The number of para-hydroxylation sites is 1. The van der Waals surface area contributed by atoms with Gasteiger partial charge in [-0.15, -0.1) is 0 Å². The van der Waals surface area contributed by atoms with E-state index in [0.717, 1.165) is 11.3 Å². The SMILES string of the molecule is COc1ccccc1C(OCCOC(C)C)C(C)N. The first kappa shape index (κ1) is 16.0. The van der Waals surface area contributed by atoms with Gasteiger partial charge in [0.1, 0.15) is 11.9 Å². The highest BCUT2D eigenvalue weighted by Gasteiger charge is 2.20. The van der Waals surface area contributed by atoms with Crippen LogP contribution >= 0.6 is 0 Å². The van der Waals surface area contributed by atoms with Crippen LogP contribution in [-0.4, -0.2) is 32.5 Å². The molecule has 2 unspecified atom stereocenters. The van der Waals surface area contributed by atoms with E-state index in [1.807, 2.05) is 45.0 Å².